The molecule has 178 valence electrons. The minimum Gasteiger partial charge on any atom is -0.393 e. The van der Waals surface area contributed by atoms with E-state index >= 15 is 0 Å². The summed E-state index contributed by atoms with van der Waals surface area (Å²) in [6, 6.07) is 0. The monoisotopic (exact) mass is 430 g/mol. The maximum absolute atomic E-state index is 10.2. The fourth-order valence-electron chi connectivity index (χ4n) is 8.67. The van der Waals surface area contributed by atoms with Gasteiger partial charge in [-0.15, -0.1) is 0 Å². The molecular formula is C29H50O2. The van der Waals surface area contributed by atoms with Crippen molar-refractivity contribution in [1.29, 1.82) is 0 Å². The van der Waals surface area contributed by atoms with E-state index in [2.05, 4.69) is 40.7 Å². The molecule has 1 N–H and O–H groups in total. The van der Waals surface area contributed by atoms with Crippen molar-refractivity contribution < 1.29 is 9.90 Å². The van der Waals surface area contributed by atoms with E-state index in [9.17, 15) is 5.11 Å². The van der Waals surface area contributed by atoms with E-state index in [1.807, 2.05) is 0 Å². The molecule has 3 fully saturated rings. The highest BCUT2D eigenvalue weighted by atomic mass is 16.3. The molecule has 4 aliphatic rings. The summed E-state index contributed by atoms with van der Waals surface area (Å²) in [4.78, 5) is 8.81. The number of aliphatic hydroxyl groups is 1. The largest absolute Gasteiger partial charge is 0.393 e. The average molecular weight is 431 g/mol. The zero-order valence-corrected chi connectivity index (χ0v) is 21.3. The second-order valence-corrected chi connectivity index (χ2v) is 12.4. The Hall–Kier alpha value is -0.630. The van der Waals surface area contributed by atoms with Gasteiger partial charge in [-0.2, -0.15) is 0 Å². The van der Waals surface area contributed by atoms with E-state index in [-0.39, 0.29) is 6.10 Å². The molecule has 0 radical (unpaired) electrons. The van der Waals surface area contributed by atoms with E-state index in [1.54, 1.807) is 5.57 Å². The zero-order chi connectivity index (χ0) is 22.8. The summed E-state index contributed by atoms with van der Waals surface area (Å²) < 4.78 is 0. The molecular weight excluding hydrogens is 380 g/mol. The highest BCUT2D eigenvalue weighted by Gasteiger charge is 2.59. The maximum Gasteiger partial charge on any atom is 0.116 e. The van der Waals surface area contributed by atoms with Crippen molar-refractivity contribution in [3.63, 3.8) is 0 Å². The van der Waals surface area contributed by atoms with Gasteiger partial charge in [0.2, 0.25) is 0 Å². The number of rotatable bonds is 5. The van der Waals surface area contributed by atoms with Crippen LogP contribution in [0, 0.1) is 46.3 Å². The molecule has 0 aliphatic heterocycles. The molecule has 0 aromatic heterocycles. The smallest absolute Gasteiger partial charge is 0.116 e. The minimum atomic E-state index is -0.0766. The van der Waals surface area contributed by atoms with Crippen LogP contribution in [0.1, 0.15) is 112 Å². The molecule has 0 aromatic rings. The Morgan fingerprint density at radius 3 is 2.45 bits per heavy atom. The van der Waals surface area contributed by atoms with Crippen LogP contribution in [0.25, 0.3) is 0 Å². The molecule has 0 aromatic carbocycles. The molecule has 31 heavy (non-hydrogen) atoms. The predicted octanol–water partition coefficient (Wildman–Crippen LogP) is 7.59. The van der Waals surface area contributed by atoms with Crippen molar-refractivity contribution >= 4 is 6.29 Å². The summed E-state index contributed by atoms with van der Waals surface area (Å²) in [5, 5.41) is 10.2. The van der Waals surface area contributed by atoms with E-state index in [0.29, 0.717) is 10.8 Å². The van der Waals surface area contributed by atoms with E-state index in [1.165, 1.54) is 64.7 Å². The van der Waals surface area contributed by atoms with Crippen molar-refractivity contribution in [3.05, 3.63) is 11.6 Å². The molecule has 4 rings (SSSR count). The van der Waals surface area contributed by atoms with Gasteiger partial charge in [0.25, 0.3) is 0 Å². The SMILES string of the molecule is CC(C)CCCC(C)C1CCC2C3CC=C4CC(O)CCC4(C)C3CCC12C.CC=O. The molecule has 0 bridgehead atoms. The summed E-state index contributed by atoms with van der Waals surface area (Å²) >= 11 is 0. The van der Waals surface area contributed by atoms with Crippen LogP contribution >= 0.6 is 0 Å². The molecule has 3 saturated carbocycles. The molecule has 0 spiro atoms. The molecule has 8 atom stereocenters. The fourth-order valence-corrected chi connectivity index (χ4v) is 8.67. The van der Waals surface area contributed by atoms with Gasteiger partial charge in [0.1, 0.15) is 6.29 Å². The van der Waals surface area contributed by atoms with Gasteiger partial charge in [-0.25, -0.2) is 0 Å². The van der Waals surface area contributed by atoms with Gasteiger partial charge in [0.15, 0.2) is 0 Å². The Morgan fingerprint density at radius 2 is 1.77 bits per heavy atom. The number of carbonyl (C=O) groups excluding carboxylic acids is 1. The third-order valence-electron chi connectivity index (χ3n) is 10.3. The lowest BCUT2D eigenvalue weighted by Gasteiger charge is -2.58. The second kappa shape index (κ2) is 10.1. The number of allylic oxidation sites excluding steroid dienone is 1. The van der Waals surface area contributed by atoms with Crippen molar-refractivity contribution in [2.75, 3.05) is 0 Å². The summed E-state index contributed by atoms with van der Waals surface area (Å²) in [6.07, 6.45) is 17.9. The maximum atomic E-state index is 10.2. The van der Waals surface area contributed by atoms with Crippen LogP contribution in [0.5, 0.6) is 0 Å². The van der Waals surface area contributed by atoms with Crippen LogP contribution in [0.3, 0.4) is 0 Å². The van der Waals surface area contributed by atoms with Crippen LogP contribution in [0.15, 0.2) is 11.6 Å². The number of aliphatic hydroxyl groups excluding tert-OH is 1. The average Bonchev–Trinajstić information content (AvgIpc) is 3.06. The Morgan fingerprint density at radius 1 is 1.06 bits per heavy atom. The number of fused-ring (bicyclic) bond motifs is 5. The van der Waals surface area contributed by atoms with E-state index in [4.69, 9.17) is 4.79 Å². The lowest BCUT2D eigenvalue weighted by atomic mass is 9.47. The highest BCUT2D eigenvalue weighted by Crippen LogP contribution is 2.67. The Labute approximate surface area is 192 Å². The zero-order valence-electron chi connectivity index (χ0n) is 21.3. The van der Waals surface area contributed by atoms with Crippen molar-refractivity contribution in [1.82, 2.24) is 0 Å². The van der Waals surface area contributed by atoms with Crippen molar-refractivity contribution in [2.45, 2.75) is 118 Å². The lowest BCUT2D eigenvalue weighted by molar-refractivity contribution is -0.106. The second-order valence-electron chi connectivity index (χ2n) is 12.4. The molecule has 0 saturated heterocycles. The fraction of sp³-hybridized carbons (Fsp3) is 0.897. The summed E-state index contributed by atoms with van der Waals surface area (Å²) in [7, 11) is 0. The van der Waals surface area contributed by atoms with Crippen LogP contribution in [0.2, 0.25) is 0 Å². The summed E-state index contributed by atoms with van der Waals surface area (Å²) in [5.74, 6) is 5.46. The van der Waals surface area contributed by atoms with Gasteiger partial charge in [0, 0.05) is 0 Å². The molecule has 2 nitrogen and oxygen atoms in total. The van der Waals surface area contributed by atoms with Gasteiger partial charge in [-0.3, -0.25) is 0 Å². The number of hydrogen-bond acceptors (Lipinski definition) is 2. The Balaban J connectivity index is 0.000000858. The highest BCUT2D eigenvalue weighted by molar-refractivity contribution is 5.44. The predicted molar refractivity (Wildman–Crippen MR) is 131 cm³/mol. The Kier molecular flexibility index (Phi) is 8.15. The first-order chi connectivity index (χ1) is 14.7. The molecule has 2 heteroatoms. The van der Waals surface area contributed by atoms with Gasteiger partial charge in [-0.05, 0) is 105 Å². The third kappa shape index (κ3) is 4.85. The van der Waals surface area contributed by atoms with Gasteiger partial charge >= 0.3 is 0 Å². The van der Waals surface area contributed by atoms with Crippen LogP contribution in [0.4, 0.5) is 0 Å². The van der Waals surface area contributed by atoms with E-state index < -0.39 is 0 Å². The summed E-state index contributed by atoms with van der Waals surface area (Å²) in [5.41, 5.74) is 2.60. The molecule has 0 heterocycles. The first-order valence-electron chi connectivity index (χ1n) is 13.4. The van der Waals surface area contributed by atoms with Crippen LogP contribution in [-0.2, 0) is 4.79 Å². The van der Waals surface area contributed by atoms with Gasteiger partial charge < -0.3 is 9.90 Å². The minimum absolute atomic E-state index is 0.0766. The number of carbonyl (C=O) groups is 1. The normalized spacial score (nSPS) is 42.5. The van der Waals surface area contributed by atoms with Crippen molar-refractivity contribution in [3.8, 4) is 0 Å². The first kappa shape index (κ1) is 25.0. The molecule has 8 unspecified atom stereocenters. The van der Waals surface area contributed by atoms with Crippen LogP contribution in [-0.4, -0.2) is 17.5 Å². The first-order valence-corrected chi connectivity index (χ1v) is 13.4. The third-order valence-corrected chi connectivity index (χ3v) is 10.3. The van der Waals surface area contributed by atoms with E-state index in [0.717, 1.165) is 54.6 Å². The van der Waals surface area contributed by atoms with Crippen molar-refractivity contribution in [2.24, 2.45) is 46.3 Å². The van der Waals surface area contributed by atoms with Gasteiger partial charge in [-0.1, -0.05) is 65.5 Å². The number of hydrogen-bond donors (Lipinski definition) is 1. The Bertz CT molecular complexity index is 637. The quantitative estimate of drug-likeness (QED) is 0.360. The lowest BCUT2D eigenvalue weighted by Crippen LogP contribution is -2.50. The molecule has 0 amide bonds. The van der Waals surface area contributed by atoms with Gasteiger partial charge in [0.05, 0.1) is 6.10 Å². The number of aldehydes is 1. The standard InChI is InChI=1S/C27H46O.C2H4O/c1-18(2)7-6-8-19(3)23-11-12-24-22-10-9-20-17-21(28)13-15-26(20,4)25(22)14-16-27(23,24)5;1-2-3/h9,18-19,21-25,28H,6-8,10-17H2,1-5H3;2H,1H3. The topological polar surface area (TPSA) is 37.3 Å². The van der Waals surface area contributed by atoms with Crippen LogP contribution < -0.4 is 0 Å². The summed E-state index contributed by atoms with van der Waals surface area (Å²) in [6.45, 7) is 14.0. The molecule has 4 aliphatic carbocycles.